The van der Waals surface area contributed by atoms with Gasteiger partial charge in [-0.15, -0.1) is 5.10 Å². The number of aryl methyl sites for hydroxylation is 1. The number of nitrogens with one attached hydrogen (secondary N) is 1. The van der Waals surface area contributed by atoms with E-state index in [1.165, 1.54) is 12.1 Å². The fraction of sp³-hybridized carbons (Fsp3) is 0.519. The van der Waals surface area contributed by atoms with Crippen LogP contribution in [0.25, 0.3) is 0 Å². The van der Waals surface area contributed by atoms with Crippen molar-refractivity contribution in [3.63, 3.8) is 0 Å². The smallest absolute Gasteiger partial charge is 0.416 e. The highest BCUT2D eigenvalue weighted by Gasteiger charge is 2.43. The fourth-order valence-electron chi connectivity index (χ4n) is 6.35. The predicted molar refractivity (Wildman–Crippen MR) is 134 cm³/mol. The minimum atomic E-state index is -4.36. The molecule has 6 rings (SSSR count). The number of nitrogens with zero attached hydrogens (tertiary/aromatic N) is 5. The van der Waals surface area contributed by atoms with Crippen molar-refractivity contribution in [3.8, 4) is 5.88 Å². The average Bonchev–Trinajstić information content (AvgIpc) is 3.30. The Hall–Kier alpha value is -3.30. The molecule has 196 valence electrons. The van der Waals surface area contributed by atoms with Gasteiger partial charge < -0.3 is 15.0 Å². The normalized spacial score (nSPS) is 25.5. The van der Waals surface area contributed by atoms with Gasteiger partial charge in [-0.2, -0.15) is 18.2 Å². The molecule has 2 aliphatic heterocycles. The lowest BCUT2D eigenvalue weighted by Crippen LogP contribution is -2.48. The van der Waals surface area contributed by atoms with E-state index >= 15 is 0 Å². The number of benzene rings is 1. The lowest BCUT2D eigenvalue weighted by atomic mass is 9.91. The van der Waals surface area contributed by atoms with Crippen LogP contribution in [0.5, 0.6) is 5.88 Å². The van der Waals surface area contributed by atoms with E-state index in [1.54, 1.807) is 19.4 Å². The average molecular weight is 513 g/mol. The number of hydrogen-bond acceptors (Lipinski definition) is 6. The topological polar surface area (TPSA) is 68.1 Å². The first kappa shape index (κ1) is 24.1. The highest BCUT2D eigenvalue weighted by molar-refractivity contribution is 5.49. The number of anilines is 2. The first-order valence-corrected chi connectivity index (χ1v) is 13.0. The standard InChI is InChI=1S/C27H31F3N6O/c1-37-23-14-21(10-11-31-23)35-15-18-8-9-19(16-35)24(18)32-26-33-25-22(7-2-3-12-36(25)34-26)17-5-4-6-20(13-17)27(28,29)30/h4-6,10-11,13-14,18-19,22,24H,2-3,7-9,12,15-16H2,1H3,(H,32,34)/t18-,19+,22-,24+/m1/s1. The van der Waals surface area contributed by atoms with Crippen LogP contribution in [-0.4, -0.2) is 46.0 Å². The highest BCUT2D eigenvalue weighted by Crippen LogP contribution is 2.41. The Balaban J connectivity index is 1.21. The molecule has 1 N–H and O–H groups in total. The zero-order valence-electron chi connectivity index (χ0n) is 20.8. The van der Waals surface area contributed by atoms with Crippen molar-refractivity contribution in [3.05, 3.63) is 59.5 Å². The number of rotatable bonds is 5. The van der Waals surface area contributed by atoms with Crippen LogP contribution in [0.15, 0.2) is 42.6 Å². The Morgan fingerprint density at radius 1 is 1.03 bits per heavy atom. The van der Waals surface area contributed by atoms with Crippen LogP contribution in [0.1, 0.15) is 55.0 Å². The third-order valence-corrected chi connectivity index (χ3v) is 8.16. The molecule has 0 spiro atoms. The zero-order valence-corrected chi connectivity index (χ0v) is 20.8. The van der Waals surface area contributed by atoms with Gasteiger partial charge in [0.15, 0.2) is 0 Å². The van der Waals surface area contributed by atoms with E-state index in [0.717, 1.165) is 69.3 Å². The van der Waals surface area contributed by atoms with Crippen LogP contribution < -0.4 is 15.0 Å². The van der Waals surface area contributed by atoms with Gasteiger partial charge in [-0.25, -0.2) is 9.67 Å². The number of methoxy groups -OCH3 is 1. The Kier molecular flexibility index (Phi) is 6.20. The summed E-state index contributed by atoms with van der Waals surface area (Å²) in [6, 6.07) is 9.95. The Labute approximate surface area is 214 Å². The number of hydrogen-bond donors (Lipinski definition) is 1. The summed E-state index contributed by atoms with van der Waals surface area (Å²) in [5.41, 5.74) is 1.16. The molecule has 2 fully saturated rings. The molecule has 3 aliphatic rings. The quantitative estimate of drug-likeness (QED) is 0.498. The van der Waals surface area contributed by atoms with E-state index < -0.39 is 11.7 Å². The fourth-order valence-corrected chi connectivity index (χ4v) is 6.35. The molecule has 1 aliphatic carbocycles. The first-order valence-electron chi connectivity index (χ1n) is 13.0. The first-order chi connectivity index (χ1) is 17.9. The van der Waals surface area contributed by atoms with Crippen molar-refractivity contribution in [1.82, 2.24) is 19.7 Å². The molecule has 1 aromatic carbocycles. The molecule has 0 amide bonds. The summed E-state index contributed by atoms with van der Waals surface area (Å²) in [5.74, 6) is 2.68. The van der Waals surface area contributed by atoms with Crippen molar-refractivity contribution >= 4 is 11.6 Å². The summed E-state index contributed by atoms with van der Waals surface area (Å²) in [6.07, 6.45) is 2.32. The summed E-state index contributed by atoms with van der Waals surface area (Å²) in [7, 11) is 1.63. The summed E-state index contributed by atoms with van der Waals surface area (Å²) < 4.78 is 47.3. The van der Waals surface area contributed by atoms with Crippen molar-refractivity contribution in [1.29, 1.82) is 0 Å². The van der Waals surface area contributed by atoms with Crippen LogP contribution in [-0.2, 0) is 12.7 Å². The van der Waals surface area contributed by atoms with Gasteiger partial charge in [0.1, 0.15) is 5.82 Å². The number of fused-ring (bicyclic) bond motifs is 3. The van der Waals surface area contributed by atoms with Crippen molar-refractivity contribution in [2.75, 3.05) is 30.4 Å². The summed E-state index contributed by atoms with van der Waals surface area (Å²) in [4.78, 5) is 11.5. The van der Waals surface area contributed by atoms with Gasteiger partial charge in [0, 0.05) is 49.5 Å². The molecule has 1 saturated carbocycles. The SMILES string of the molecule is COc1cc(N2C[C@H]3CC[C@@H](C2)[C@H]3Nc2nc3n(n2)CCCC[C@@H]3c2cccc(C(F)(F)F)c2)ccn1. The van der Waals surface area contributed by atoms with E-state index in [4.69, 9.17) is 14.8 Å². The zero-order chi connectivity index (χ0) is 25.6. The molecule has 7 nitrogen and oxygen atoms in total. The van der Waals surface area contributed by atoms with E-state index in [1.807, 2.05) is 16.8 Å². The number of aromatic nitrogens is 4. The number of pyridine rings is 1. The largest absolute Gasteiger partial charge is 0.481 e. The van der Waals surface area contributed by atoms with Gasteiger partial charge in [-0.3, -0.25) is 0 Å². The second kappa shape index (κ2) is 9.54. The minimum absolute atomic E-state index is 0.201. The summed E-state index contributed by atoms with van der Waals surface area (Å²) in [5, 5.41) is 8.42. The van der Waals surface area contributed by atoms with Crippen LogP contribution in [0.3, 0.4) is 0 Å². The van der Waals surface area contributed by atoms with Gasteiger partial charge in [0.25, 0.3) is 0 Å². The Bertz CT molecular complexity index is 1250. The number of halogens is 3. The lowest BCUT2D eigenvalue weighted by molar-refractivity contribution is -0.137. The van der Waals surface area contributed by atoms with Crippen molar-refractivity contribution in [2.24, 2.45) is 11.8 Å². The monoisotopic (exact) mass is 512 g/mol. The molecule has 3 aromatic rings. The molecule has 2 bridgehead atoms. The number of ether oxygens (including phenoxy) is 1. The molecule has 1 saturated heterocycles. The molecule has 0 unspecified atom stereocenters. The maximum atomic E-state index is 13.4. The van der Waals surface area contributed by atoms with Gasteiger partial charge in [-0.1, -0.05) is 24.6 Å². The molecule has 37 heavy (non-hydrogen) atoms. The van der Waals surface area contributed by atoms with Crippen LogP contribution in [0, 0.1) is 11.8 Å². The summed E-state index contributed by atoms with van der Waals surface area (Å²) in [6.45, 7) is 2.60. The third kappa shape index (κ3) is 4.73. The predicted octanol–water partition coefficient (Wildman–Crippen LogP) is 5.34. The Morgan fingerprint density at radius 3 is 2.59 bits per heavy atom. The molecule has 4 heterocycles. The van der Waals surface area contributed by atoms with Crippen LogP contribution >= 0.6 is 0 Å². The lowest BCUT2D eigenvalue weighted by Gasteiger charge is -2.39. The van der Waals surface area contributed by atoms with E-state index in [-0.39, 0.29) is 12.0 Å². The van der Waals surface area contributed by atoms with Gasteiger partial charge in [-0.05, 0) is 55.2 Å². The van der Waals surface area contributed by atoms with Crippen molar-refractivity contribution in [2.45, 2.75) is 56.8 Å². The van der Waals surface area contributed by atoms with E-state index in [9.17, 15) is 13.2 Å². The van der Waals surface area contributed by atoms with Crippen LogP contribution in [0.2, 0.25) is 0 Å². The molecule has 10 heteroatoms. The van der Waals surface area contributed by atoms with Gasteiger partial charge in [0.2, 0.25) is 11.8 Å². The highest BCUT2D eigenvalue weighted by atomic mass is 19.4. The third-order valence-electron chi connectivity index (χ3n) is 8.16. The maximum Gasteiger partial charge on any atom is 0.416 e. The second-order valence-corrected chi connectivity index (χ2v) is 10.4. The summed E-state index contributed by atoms with van der Waals surface area (Å²) >= 11 is 0. The number of piperidine rings is 1. The molecule has 4 atom stereocenters. The minimum Gasteiger partial charge on any atom is -0.481 e. The molecule has 0 radical (unpaired) electrons. The second-order valence-electron chi connectivity index (χ2n) is 10.4. The van der Waals surface area contributed by atoms with Gasteiger partial charge >= 0.3 is 6.18 Å². The van der Waals surface area contributed by atoms with E-state index in [2.05, 4.69) is 15.2 Å². The number of alkyl halides is 3. The molecular formula is C27H31F3N6O. The van der Waals surface area contributed by atoms with Crippen LogP contribution in [0.4, 0.5) is 24.8 Å². The van der Waals surface area contributed by atoms with Crippen molar-refractivity contribution < 1.29 is 17.9 Å². The molecule has 2 aromatic heterocycles. The van der Waals surface area contributed by atoms with E-state index in [0.29, 0.717) is 29.2 Å². The Morgan fingerprint density at radius 2 is 1.84 bits per heavy atom. The molecular weight excluding hydrogens is 481 g/mol. The maximum absolute atomic E-state index is 13.4. The van der Waals surface area contributed by atoms with Gasteiger partial charge in [0.05, 0.1) is 12.7 Å².